The standard InChI is InChI=1S/C7H9BrN2O2/c8-6-3-5(9)4-10(1-2-11)7(6)12/h3-4,11H,1-2,9H2. The first-order chi connectivity index (χ1) is 5.65. The van der Waals surface area contributed by atoms with Crippen LogP contribution in [-0.2, 0) is 6.54 Å². The topological polar surface area (TPSA) is 68.2 Å². The van der Waals surface area contributed by atoms with Gasteiger partial charge in [0.05, 0.1) is 11.1 Å². The van der Waals surface area contributed by atoms with Gasteiger partial charge < -0.3 is 15.4 Å². The maximum Gasteiger partial charge on any atom is 0.265 e. The summed E-state index contributed by atoms with van der Waals surface area (Å²) in [7, 11) is 0. The van der Waals surface area contributed by atoms with E-state index in [9.17, 15) is 4.79 Å². The number of nitrogens with two attached hydrogens (primary N) is 1. The molecule has 0 saturated carbocycles. The second-order valence-corrected chi connectivity index (χ2v) is 3.20. The lowest BCUT2D eigenvalue weighted by Crippen LogP contribution is -2.22. The van der Waals surface area contributed by atoms with Crippen LogP contribution in [0.5, 0.6) is 0 Å². The minimum absolute atomic E-state index is 0.0736. The highest BCUT2D eigenvalue weighted by molar-refractivity contribution is 9.10. The molecule has 0 radical (unpaired) electrons. The van der Waals surface area contributed by atoms with Gasteiger partial charge in [-0.1, -0.05) is 0 Å². The third-order valence-electron chi connectivity index (χ3n) is 1.40. The summed E-state index contributed by atoms with van der Waals surface area (Å²) in [5, 5.41) is 8.61. The Morgan fingerprint density at radius 1 is 1.67 bits per heavy atom. The Bertz CT molecular complexity index is 335. The van der Waals surface area contributed by atoms with Crippen LogP contribution in [0.15, 0.2) is 21.5 Å². The van der Waals surface area contributed by atoms with Gasteiger partial charge in [0.15, 0.2) is 0 Å². The molecule has 1 aromatic heterocycles. The normalized spacial score (nSPS) is 10.2. The Hall–Kier alpha value is -0.810. The molecule has 0 unspecified atom stereocenters. The van der Waals surface area contributed by atoms with E-state index in [4.69, 9.17) is 10.8 Å². The van der Waals surface area contributed by atoms with Gasteiger partial charge in [0, 0.05) is 18.4 Å². The van der Waals surface area contributed by atoms with Crippen molar-refractivity contribution in [1.29, 1.82) is 0 Å². The summed E-state index contributed by atoms with van der Waals surface area (Å²) < 4.78 is 1.77. The number of hydrogen-bond donors (Lipinski definition) is 2. The molecule has 0 spiro atoms. The fourth-order valence-corrected chi connectivity index (χ4v) is 1.39. The molecular formula is C7H9BrN2O2. The van der Waals surface area contributed by atoms with E-state index in [0.717, 1.165) is 0 Å². The van der Waals surface area contributed by atoms with Crippen molar-refractivity contribution < 1.29 is 5.11 Å². The summed E-state index contributed by atoms with van der Waals surface area (Å²) in [5.41, 5.74) is 5.80. The number of aliphatic hydroxyl groups is 1. The highest BCUT2D eigenvalue weighted by Gasteiger charge is 2.00. The van der Waals surface area contributed by atoms with Gasteiger partial charge in [0.1, 0.15) is 0 Å². The van der Waals surface area contributed by atoms with Crippen LogP contribution < -0.4 is 11.3 Å². The molecule has 1 aromatic rings. The molecule has 0 atom stereocenters. The number of rotatable bonds is 2. The molecule has 0 fully saturated rings. The molecule has 0 aliphatic carbocycles. The van der Waals surface area contributed by atoms with Crippen LogP contribution >= 0.6 is 15.9 Å². The minimum atomic E-state index is -0.182. The minimum Gasteiger partial charge on any atom is -0.398 e. The van der Waals surface area contributed by atoms with E-state index >= 15 is 0 Å². The summed E-state index contributed by atoms with van der Waals surface area (Å²) in [6.45, 7) is 0.193. The monoisotopic (exact) mass is 232 g/mol. The van der Waals surface area contributed by atoms with Gasteiger partial charge in [-0.2, -0.15) is 0 Å². The van der Waals surface area contributed by atoms with E-state index in [2.05, 4.69) is 15.9 Å². The fraction of sp³-hybridized carbons (Fsp3) is 0.286. The number of nitrogen functional groups attached to an aromatic ring is 1. The number of aliphatic hydroxyl groups excluding tert-OH is 1. The molecule has 0 aliphatic rings. The largest absolute Gasteiger partial charge is 0.398 e. The number of hydrogen-bond acceptors (Lipinski definition) is 3. The summed E-state index contributed by atoms with van der Waals surface area (Å²) in [6.07, 6.45) is 1.50. The number of nitrogens with zero attached hydrogens (tertiary/aromatic N) is 1. The van der Waals surface area contributed by atoms with Gasteiger partial charge in [-0.05, 0) is 22.0 Å². The fourth-order valence-electron chi connectivity index (χ4n) is 0.895. The first-order valence-electron chi connectivity index (χ1n) is 3.41. The lowest BCUT2D eigenvalue weighted by Gasteiger charge is -2.04. The Labute approximate surface area is 77.8 Å². The molecule has 0 aliphatic heterocycles. The third-order valence-corrected chi connectivity index (χ3v) is 1.97. The Kier molecular flexibility index (Phi) is 2.88. The Morgan fingerprint density at radius 3 is 2.92 bits per heavy atom. The van der Waals surface area contributed by atoms with Gasteiger partial charge in [0.2, 0.25) is 0 Å². The van der Waals surface area contributed by atoms with Gasteiger partial charge in [-0.25, -0.2) is 0 Å². The smallest absolute Gasteiger partial charge is 0.265 e. The van der Waals surface area contributed by atoms with Gasteiger partial charge in [-0.15, -0.1) is 0 Å². The maximum absolute atomic E-state index is 11.3. The number of aromatic nitrogens is 1. The first-order valence-corrected chi connectivity index (χ1v) is 4.21. The summed E-state index contributed by atoms with van der Waals surface area (Å²) in [4.78, 5) is 11.3. The molecule has 1 heterocycles. The van der Waals surface area contributed by atoms with E-state index in [-0.39, 0.29) is 18.7 Å². The lowest BCUT2D eigenvalue weighted by atomic mass is 10.4. The Balaban J connectivity index is 3.19. The molecule has 3 N–H and O–H groups in total. The van der Waals surface area contributed by atoms with Crippen molar-refractivity contribution in [1.82, 2.24) is 4.57 Å². The van der Waals surface area contributed by atoms with Gasteiger partial charge >= 0.3 is 0 Å². The van der Waals surface area contributed by atoms with Crippen molar-refractivity contribution in [2.45, 2.75) is 6.54 Å². The number of halogens is 1. The zero-order valence-electron chi connectivity index (χ0n) is 6.33. The highest BCUT2D eigenvalue weighted by Crippen LogP contribution is 2.07. The van der Waals surface area contributed by atoms with Crippen molar-refractivity contribution >= 4 is 21.6 Å². The molecule has 12 heavy (non-hydrogen) atoms. The predicted octanol–water partition coefficient (Wildman–Crippen LogP) is 0.185. The second kappa shape index (κ2) is 3.73. The van der Waals surface area contributed by atoms with Crippen LogP contribution in [0.2, 0.25) is 0 Å². The molecule has 5 heteroatoms. The molecule has 1 rings (SSSR count). The summed E-state index contributed by atoms with van der Waals surface area (Å²) in [6, 6.07) is 1.54. The molecule has 0 bridgehead atoms. The first kappa shape index (κ1) is 9.28. The number of anilines is 1. The van der Waals surface area contributed by atoms with Crippen LogP contribution in [-0.4, -0.2) is 16.3 Å². The maximum atomic E-state index is 11.3. The van der Waals surface area contributed by atoms with E-state index in [1.165, 1.54) is 16.8 Å². The average molecular weight is 233 g/mol. The highest BCUT2D eigenvalue weighted by atomic mass is 79.9. The SMILES string of the molecule is Nc1cc(Br)c(=O)n(CCO)c1. The lowest BCUT2D eigenvalue weighted by molar-refractivity contribution is 0.274. The quantitative estimate of drug-likeness (QED) is 0.765. The van der Waals surface area contributed by atoms with Crippen LogP contribution in [0.1, 0.15) is 0 Å². The van der Waals surface area contributed by atoms with E-state index < -0.39 is 0 Å². The van der Waals surface area contributed by atoms with Crippen LogP contribution in [0.4, 0.5) is 5.69 Å². The summed E-state index contributed by atoms with van der Waals surface area (Å²) in [5.74, 6) is 0. The molecule has 4 nitrogen and oxygen atoms in total. The van der Waals surface area contributed by atoms with Crippen molar-refractivity contribution in [2.75, 3.05) is 12.3 Å². The molecular weight excluding hydrogens is 224 g/mol. The average Bonchev–Trinajstić information content (AvgIpc) is 2.00. The van der Waals surface area contributed by atoms with E-state index in [1.54, 1.807) is 0 Å². The van der Waals surface area contributed by atoms with Crippen molar-refractivity contribution in [3.05, 3.63) is 27.1 Å². The van der Waals surface area contributed by atoms with Crippen molar-refractivity contribution in [3.63, 3.8) is 0 Å². The van der Waals surface area contributed by atoms with Crippen molar-refractivity contribution in [2.24, 2.45) is 0 Å². The third kappa shape index (κ3) is 1.86. The molecule has 0 aromatic carbocycles. The zero-order chi connectivity index (χ0) is 9.14. The van der Waals surface area contributed by atoms with Crippen LogP contribution in [0.3, 0.4) is 0 Å². The Morgan fingerprint density at radius 2 is 2.33 bits per heavy atom. The summed E-state index contributed by atoms with van der Waals surface area (Å²) >= 11 is 3.07. The zero-order valence-corrected chi connectivity index (χ0v) is 7.91. The molecule has 0 amide bonds. The van der Waals surface area contributed by atoms with Crippen LogP contribution in [0.25, 0.3) is 0 Å². The second-order valence-electron chi connectivity index (χ2n) is 2.34. The van der Waals surface area contributed by atoms with Crippen molar-refractivity contribution in [3.8, 4) is 0 Å². The molecule has 0 saturated heterocycles. The number of pyridine rings is 1. The van der Waals surface area contributed by atoms with E-state index in [1.807, 2.05) is 0 Å². The molecule has 66 valence electrons. The van der Waals surface area contributed by atoms with Crippen LogP contribution in [0, 0.1) is 0 Å². The van der Waals surface area contributed by atoms with Gasteiger partial charge in [0.25, 0.3) is 5.56 Å². The van der Waals surface area contributed by atoms with Gasteiger partial charge in [-0.3, -0.25) is 4.79 Å². The predicted molar refractivity (Wildman–Crippen MR) is 49.9 cm³/mol. The van der Waals surface area contributed by atoms with E-state index in [0.29, 0.717) is 10.2 Å².